The quantitative estimate of drug-likeness (QED) is 0.753. The van der Waals surface area contributed by atoms with Crippen LogP contribution in [0.25, 0.3) is 0 Å². The number of likely N-dealkylation sites (N-methyl/N-ethyl adjacent to an activating group) is 2. The topological polar surface area (TPSA) is 69.6 Å². The molecule has 1 saturated heterocycles. The van der Waals surface area contributed by atoms with E-state index in [2.05, 4.69) is 14.9 Å². The summed E-state index contributed by atoms with van der Waals surface area (Å²) >= 11 is 0. The number of pyridine rings is 2. The summed E-state index contributed by atoms with van der Waals surface area (Å²) in [6.07, 6.45) is 4.05. The first kappa shape index (κ1) is 18.8. The summed E-state index contributed by atoms with van der Waals surface area (Å²) in [5.74, 6) is 0.748. The van der Waals surface area contributed by atoms with Crippen LogP contribution in [-0.4, -0.2) is 74.4 Å². The predicted octanol–water partition coefficient (Wildman–Crippen LogP) is 1.09. The van der Waals surface area contributed by atoms with Crippen LogP contribution in [0, 0.1) is 0 Å². The van der Waals surface area contributed by atoms with Gasteiger partial charge < -0.3 is 9.80 Å². The first-order valence-corrected chi connectivity index (χ1v) is 10.2. The standard InChI is InChI=1S/C18H25N5O2S/c1-21-11-13-23(14-12-21)26(24,25)17-6-7-18(20-15-17)22(2)10-8-16-5-3-4-9-19-16/h3-7,9,15H,8,10-14H2,1-2H3. The highest BCUT2D eigenvalue weighted by Gasteiger charge is 2.27. The van der Waals surface area contributed by atoms with Gasteiger partial charge >= 0.3 is 0 Å². The molecule has 140 valence electrons. The van der Waals surface area contributed by atoms with Gasteiger partial charge in [-0.05, 0) is 31.3 Å². The molecule has 1 aliphatic rings. The van der Waals surface area contributed by atoms with E-state index in [4.69, 9.17) is 0 Å². The molecule has 26 heavy (non-hydrogen) atoms. The molecular weight excluding hydrogens is 350 g/mol. The molecule has 0 amide bonds. The molecule has 8 heteroatoms. The van der Waals surface area contributed by atoms with Crippen molar-refractivity contribution in [3.05, 3.63) is 48.4 Å². The average Bonchev–Trinajstić information content (AvgIpc) is 2.67. The second-order valence-corrected chi connectivity index (χ2v) is 8.49. The predicted molar refractivity (Wildman–Crippen MR) is 102 cm³/mol. The summed E-state index contributed by atoms with van der Waals surface area (Å²) in [6.45, 7) is 3.30. The molecule has 0 N–H and O–H groups in total. The molecule has 0 unspecified atom stereocenters. The molecule has 0 aromatic carbocycles. The summed E-state index contributed by atoms with van der Waals surface area (Å²) in [4.78, 5) is 13.1. The molecule has 0 aliphatic carbocycles. The Balaban J connectivity index is 1.64. The van der Waals surface area contributed by atoms with E-state index in [9.17, 15) is 8.42 Å². The molecule has 3 rings (SSSR count). The zero-order valence-electron chi connectivity index (χ0n) is 15.2. The maximum Gasteiger partial charge on any atom is 0.244 e. The first-order valence-electron chi connectivity index (χ1n) is 8.72. The lowest BCUT2D eigenvalue weighted by atomic mass is 10.2. The lowest BCUT2D eigenvalue weighted by molar-refractivity contribution is 0.222. The van der Waals surface area contributed by atoms with Gasteiger partial charge in [-0.3, -0.25) is 4.98 Å². The Kier molecular flexibility index (Phi) is 5.85. The van der Waals surface area contributed by atoms with Gasteiger partial charge in [0.2, 0.25) is 10.0 Å². The van der Waals surface area contributed by atoms with Crippen LogP contribution in [0.15, 0.2) is 47.6 Å². The number of hydrogen-bond donors (Lipinski definition) is 0. The summed E-state index contributed by atoms with van der Waals surface area (Å²) in [5, 5.41) is 0. The molecule has 7 nitrogen and oxygen atoms in total. The van der Waals surface area contributed by atoms with E-state index in [1.807, 2.05) is 37.2 Å². The average molecular weight is 375 g/mol. The number of piperazine rings is 1. The van der Waals surface area contributed by atoms with Gasteiger partial charge in [0.25, 0.3) is 0 Å². The van der Waals surface area contributed by atoms with Crippen LogP contribution in [0.4, 0.5) is 5.82 Å². The minimum Gasteiger partial charge on any atom is -0.359 e. The SMILES string of the molecule is CN1CCN(S(=O)(=O)c2ccc(N(C)CCc3ccccn3)nc2)CC1. The lowest BCUT2D eigenvalue weighted by Crippen LogP contribution is -2.47. The lowest BCUT2D eigenvalue weighted by Gasteiger charge is -2.31. The Morgan fingerprint density at radius 3 is 2.46 bits per heavy atom. The summed E-state index contributed by atoms with van der Waals surface area (Å²) < 4.78 is 27.0. The number of aromatic nitrogens is 2. The van der Waals surface area contributed by atoms with Gasteiger partial charge in [-0.2, -0.15) is 4.31 Å². The third kappa shape index (κ3) is 4.38. The fourth-order valence-electron chi connectivity index (χ4n) is 2.87. The van der Waals surface area contributed by atoms with E-state index < -0.39 is 10.0 Å². The monoisotopic (exact) mass is 375 g/mol. The molecule has 0 spiro atoms. The van der Waals surface area contributed by atoms with Crippen molar-refractivity contribution in [3.63, 3.8) is 0 Å². The van der Waals surface area contributed by atoms with Crippen molar-refractivity contribution < 1.29 is 8.42 Å². The van der Waals surface area contributed by atoms with Crippen molar-refractivity contribution in [3.8, 4) is 0 Å². The largest absolute Gasteiger partial charge is 0.359 e. The van der Waals surface area contributed by atoms with Gasteiger partial charge in [-0.1, -0.05) is 6.07 Å². The second kappa shape index (κ2) is 8.11. The Hall–Kier alpha value is -2.03. The van der Waals surface area contributed by atoms with E-state index in [-0.39, 0.29) is 4.90 Å². The van der Waals surface area contributed by atoms with Crippen molar-refractivity contribution in [2.75, 3.05) is 51.7 Å². The van der Waals surface area contributed by atoms with Gasteiger partial charge in [0.15, 0.2) is 0 Å². The van der Waals surface area contributed by atoms with Gasteiger partial charge in [-0.25, -0.2) is 13.4 Å². The smallest absolute Gasteiger partial charge is 0.244 e. The number of nitrogens with zero attached hydrogens (tertiary/aromatic N) is 5. The minimum atomic E-state index is -3.47. The zero-order valence-corrected chi connectivity index (χ0v) is 16.1. The van der Waals surface area contributed by atoms with Crippen molar-refractivity contribution in [1.29, 1.82) is 0 Å². The van der Waals surface area contributed by atoms with E-state index in [1.54, 1.807) is 18.3 Å². The van der Waals surface area contributed by atoms with Crippen molar-refractivity contribution in [1.82, 2.24) is 19.2 Å². The van der Waals surface area contributed by atoms with Gasteiger partial charge in [-0.15, -0.1) is 0 Å². The number of rotatable bonds is 6. The Morgan fingerprint density at radius 2 is 1.85 bits per heavy atom. The third-order valence-electron chi connectivity index (χ3n) is 4.64. The number of hydrogen-bond acceptors (Lipinski definition) is 6. The number of sulfonamides is 1. The van der Waals surface area contributed by atoms with E-state index in [1.165, 1.54) is 10.5 Å². The highest BCUT2D eigenvalue weighted by Crippen LogP contribution is 2.19. The van der Waals surface area contributed by atoms with Crippen molar-refractivity contribution in [2.45, 2.75) is 11.3 Å². The molecule has 0 saturated carbocycles. The van der Waals surface area contributed by atoms with E-state index in [0.29, 0.717) is 13.1 Å². The summed E-state index contributed by atoms with van der Waals surface area (Å²) in [5.41, 5.74) is 1.02. The van der Waals surface area contributed by atoms with Crippen LogP contribution in [0.5, 0.6) is 0 Å². The maximum absolute atomic E-state index is 12.7. The van der Waals surface area contributed by atoms with Crippen LogP contribution >= 0.6 is 0 Å². The fraction of sp³-hybridized carbons (Fsp3) is 0.444. The third-order valence-corrected chi connectivity index (χ3v) is 6.52. The van der Waals surface area contributed by atoms with Crippen LogP contribution in [-0.2, 0) is 16.4 Å². The Bertz CT molecular complexity index is 803. The second-order valence-electron chi connectivity index (χ2n) is 6.55. The highest BCUT2D eigenvalue weighted by atomic mass is 32.2. The Morgan fingerprint density at radius 1 is 1.08 bits per heavy atom. The van der Waals surface area contributed by atoms with Crippen LogP contribution in [0.2, 0.25) is 0 Å². The summed E-state index contributed by atoms with van der Waals surface area (Å²) in [6, 6.07) is 9.27. The van der Waals surface area contributed by atoms with Crippen LogP contribution in [0.3, 0.4) is 0 Å². The molecule has 1 fully saturated rings. The molecule has 2 aromatic heterocycles. The molecular formula is C18H25N5O2S. The minimum absolute atomic E-state index is 0.254. The molecule has 0 atom stereocenters. The molecule has 2 aromatic rings. The van der Waals surface area contributed by atoms with Crippen molar-refractivity contribution >= 4 is 15.8 Å². The van der Waals surface area contributed by atoms with Crippen molar-refractivity contribution in [2.24, 2.45) is 0 Å². The highest BCUT2D eigenvalue weighted by molar-refractivity contribution is 7.89. The number of anilines is 1. The molecule has 1 aliphatic heterocycles. The van der Waals surface area contributed by atoms with Gasteiger partial charge in [0, 0.05) is 64.3 Å². The normalized spacial score (nSPS) is 16.5. The first-order chi connectivity index (χ1) is 12.5. The van der Waals surface area contributed by atoms with Gasteiger partial charge in [0.1, 0.15) is 10.7 Å². The van der Waals surface area contributed by atoms with Crippen LogP contribution < -0.4 is 4.90 Å². The van der Waals surface area contributed by atoms with E-state index >= 15 is 0 Å². The van der Waals surface area contributed by atoms with Crippen LogP contribution in [0.1, 0.15) is 5.69 Å². The maximum atomic E-state index is 12.7. The zero-order chi connectivity index (χ0) is 18.6. The molecule has 3 heterocycles. The summed E-state index contributed by atoms with van der Waals surface area (Å²) in [7, 11) is 0.478. The molecule has 0 bridgehead atoms. The Labute approximate surface area is 155 Å². The molecule has 0 radical (unpaired) electrons. The van der Waals surface area contributed by atoms with E-state index in [0.717, 1.165) is 37.6 Å². The fourth-order valence-corrected chi connectivity index (χ4v) is 4.24. The van der Waals surface area contributed by atoms with Gasteiger partial charge in [0.05, 0.1) is 0 Å².